The molecule has 1 aliphatic carbocycles. The van der Waals surface area contributed by atoms with Crippen LogP contribution >= 0.6 is 0 Å². The van der Waals surface area contributed by atoms with Crippen LogP contribution in [0.2, 0.25) is 0 Å². The van der Waals surface area contributed by atoms with Crippen LogP contribution in [0.15, 0.2) is 18.2 Å². The number of ether oxygens (including phenoxy) is 1. The number of hydrogen-bond acceptors (Lipinski definition) is 2. The van der Waals surface area contributed by atoms with Gasteiger partial charge in [0.15, 0.2) is 0 Å². The largest absolute Gasteiger partial charge is 0.455 e. The first-order valence-electron chi connectivity index (χ1n) is 5.42. The molecule has 2 atom stereocenters. The van der Waals surface area contributed by atoms with E-state index in [0.717, 1.165) is 6.42 Å². The number of halogens is 1. The third kappa shape index (κ3) is 1.94. The number of aryl methyl sites for hydroxylation is 1. The van der Waals surface area contributed by atoms with E-state index in [0.29, 0.717) is 17.0 Å². The molecule has 0 N–H and O–H groups in total. The van der Waals surface area contributed by atoms with Gasteiger partial charge < -0.3 is 4.74 Å². The van der Waals surface area contributed by atoms with Crippen LogP contribution < -0.4 is 0 Å². The van der Waals surface area contributed by atoms with E-state index in [-0.39, 0.29) is 17.4 Å². The summed E-state index contributed by atoms with van der Waals surface area (Å²) in [5.74, 6) is -0.254. The molecule has 1 aromatic rings. The minimum atomic E-state index is -0.366. The van der Waals surface area contributed by atoms with E-state index in [1.165, 1.54) is 18.2 Å². The van der Waals surface area contributed by atoms with Gasteiger partial charge in [-0.3, -0.25) is 0 Å². The Morgan fingerprint density at radius 2 is 2.19 bits per heavy atom. The topological polar surface area (TPSA) is 26.3 Å². The third-order valence-electron chi connectivity index (χ3n) is 3.31. The van der Waals surface area contributed by atoms with Crippen molar-refractivity contribution in [3.05, 3.63) is 35.1 Å². The van der Waals surface area contributed by atoms with E-state index < -0.39 is 0 Å². The fourth-order valence-electron chi connectivity index (χ4n) is 1.73. The number of carbonyl (C=O) groups is 1. The van der Waals surface area contributed by atoms with Gasteiger partial charge in [0.1, 0.15) is 11.4 Å². The first-order chi connectivity index (χ1) is 7.42. The van der Waals surface area contributed by atoms with Crippen molar-refractivity contribution >= 4 is 5.97 Å². The molecule has 3 heteroatoms. The van der Waals surface area contributed by atoms with Crippen LogP contribution in [0.3, 0.4) is 0 Å². The predicted octanol–water partition coefficient (Wildman–Crippen LogP) is 3.09. The molecule has 2 nitrogen and oxygen atoms in total. The van der Waals surface area contributed by atoms with E-state index in [1.807, 2.05) is 13.8 Å². The summed E-state index contributed by atoms with van der Waals surface area (Å²) in [4.78, 5) is 11.8. The number of esters is 1. The van der Waals surface area contributed by atoms with E-state index in [2.05, 4.69) is 0 Å². The first-order valence-corrected chi connectivity index (χ1v) is 5.42. The Morgan fingerprint density at radius 1 is 1.56 bits per heavy atom. The third-order valence-corrected chi connectivity index (χ3v) is 3.31. The molecule has 0 spiro atoms. The van der Waals surface area contributed by atoms with Gasteiger partial charge in [-0.1, -0.05) is 6.92 Å². The van der Waals surface area contributed by atoms with Crippen LogP contribution in [0, 0.1) is 18.7 Å². The molecular formula is C13H15FO2. The Kier molecular flexibility index (Phi) is 2.49. The van der Waals surface area contributed by atoms with Crippen molar-refractivity contribution in [1.82, 2.24) is 0 Å². The molecule has 0 heterocycles. The molecule has 0 saturated heterocycles. The van der Waals surface area contributed by atoms with Gasteiger partial charge >= 0.3 is 5.97 Å². The fraction of sp³-hybridized carbons (Fsp3) is 0.462. The van der Waals surface area contributed by atoms with E-state index in [4.69, 9.17) is 4.74 Å². The molecule has 86 valence electrons. The average Bonchev–Trinajstić information content (AvgIpc) is 2.78. The molecule has 2 rings (SSSR count). The zero-order valence-corrected chi connectivity index (χ0v) is 9.71. The van der Waals surface area contributed by atoms with Gasteiger partial charge in [-0.25, -0.2) is 9.18 Å². The molecule has 1 saturated carbocycles. The maximum atomic E-state index is 13.0. The van der Waals surface area contributed by atoms with Crippen molar-refractivity contribution < 1.29 is 13.9 Å². The lowest BCUT2D eigenvalue weighted by molar-refractivity contribution is 0.0238. The molecule has 0 radical (unpaired) electrons. The smallest absolute Gasteiger partial charge is 0.338 e. The highest BCUT2D eigenvalue weighted by atomic mass is 19.1. The highest BCUT2D eigenvalue weighted by Crippen LogP contribution is 2.46. The summed E-state index contributed by atoms with van der Waals surface area (Å²) >= 11 is 0. The second kappa shape index (κ2) is 3.58. The SMILES string of the molecule is Cc1cc(C(=O)O[C@@]2(C)C[C@H]2C)ccc1F. The van der Waals surface area contributed by atoms with Gasteiger partial charge in [0.2, 0.25) is 0 Å². The number of benzene rings is 1. The number of hydrogen-bond donors (Lipinski definition) is 0. The summed E-state index contributed by atoms with van der Waals surface area (Å²) in [6.45, 7) is 5.60. The second-order valence-corrected chi connectivity index (χ2v) is 4.77. The molecule has 16 heavy (non-hydrogen) atoms. The standard InChI is InChI=1S/C13H15FO2/c1-8-6-10(4-5-11(8)14)12(15)16-13(3)7-9(13)2/h4-6,9H,7H2,1-3H3/t9-,13+/m1/s1. The van der Waals surface area contributed by atoms with Crippen LogP contribution in [-0.2, 0) is 4.74 Å². The molecule has 1 aromatic carbocycles. The quantitative estimate of drug-likeness (QED) is 0.719. The van der Waals surface area contributed by atoms with Crippen molar-refractivity contribution in [2.24, 2.45) is 5.92 Å². The van der Waals surface area contributed by atoms with Crippen molar-refractivity contribution in [1.29, 1.82) is 0 Å². The van der Waals surface area contributed by atoms with Crippen LogP contribution in [0.1, 0.15) is 36.2 Å². The van der Waals surface area contributed by atoms with Crippen molar-refractivity contribution in [3.63, 3.8) is 0 Å². The summed E-state index contributed by atoms with van der Waals surface area (Å²) in [6, 6.07) is 4.28. The lowest BCUT2D eigenvalue weighted by Gasteiger charge is -2.12. The van der Waals surface area contributed by atoms with E-state index >= 15 is 0 Å². The van der Waals surface area contributed by atoms with Gasteiger partial charge in [-0.2, -0.15) is 0 Å². The van der Waals surface area contributed by atoms with Gasteiger partial charge in [-0.05, 0) is 49.9 Å². The molecule has 1 aliphatic rings. The molecule has 0 aliphatic heterocycles. The van der Waals surface area contributed by atoms with Crippen LogP contribution in [-0.4, -0.2) is 11.6 Å². The molecule has 0 unspecified atom stereocenters. The van der Waals surface area contributed by atoms with Gasteiger partial charge in [-0.15, -0.1) is 0 Å². The Morgan fingerprint density at radius 3 is 2.69 bits per heavy atom. The fourth-order valence-corrected chi connectivity index (χ4v) is 1.73. The molecular weight excluding hydrogens is 207 g/mol. The maximum absolute atomic E-state index is 13.0. The maximum Gasteiger partial charge on any atom is 0.338 e. The first kappa shape index (κ1) is 11.1. The van der Waals surface area contributed by atoms with Crippen molar-refractivity contribution in [2.75, 3.05) is 0 Å². The second-order valence-electron chi connectivity index (χ2n) is 4.77. The summed E-state index contributed by atoms with van der Waals surface area (Å²) < 4.78 is 18.4. The van der Waals surface area contributed by atoms with E-state index in [9.17, 15) is 9.18 Å². The summed E-state index contributed by atoms with van der Waals surface area (Å²) in [5.41, 5.74) is 0.557. The van der Waals surface area contributed by atoms with E-state index in [1.54, 1.807) is 6.92 Å². The Labute approximate surface area is 94.4 Å². The molecule has 0 amide bonds. The van der Waals surface area contributed by atoms with Gasteiger partial charge in [0.05, 0.1) is 5.56 Å². The molecule has 0 bridgehead atoms. The summed E-state index contributed by atoms with van der Waals surface area (Å²) in [7, 11) is 0. The normalized spacial score (nSPS) is 27.6. The number of carbonyl (C=O) groups excluding carboxylic acids is 1. The zero-order valence-electron chi connectivity index (χ0n) is 9.71. The minimum Gasteiger partial charge on any atom is -0.455 e. The zero-order chi connectivity index (χ0) is 11.9. The Hall–Kier alpha value is -1.38. The molecule has 1 fully saturated rings. The summed E-state index contributed by atoms with van der Waals surface area (Å²) in [6.07, 6.45) is 0.902. The van der Waals surface area contributed by atoms with Gasteiger partial charge in [0.25, 0.3) is 0 Å². The van der Waals surface area contributed by atoms with Crippen molar-refractivity contribution in [3.8, 4) is 0 Å². The monoisotopic (exact) mass is 222 g/mol. The van der Waals surface area contributed by atoms with Gasteiger partial charge in [0, 0.05) is 0 Å². The Bertz CT molecular complexity index is 442. The van der Waals surface area contributed by atoms with Crippen molar-refractivity contribution in [2.45, 2.75) is 32.8 Å². The summed E-state index contributed by atoms with van der Waals surface area (Å²) in [5, 5.41) is 0. The highest BCUT2D eigenvalue weighted by molar-refractivity contribution is 5.90. The lowest BCUT2D eigenvalue weighted by Crippen LogP contribution is -2.18. The van der Waals surface area contributed by atoms with Crippen LogP contribution in [0.25, 0.3) is 0 Å². The number of rotatable bonds is 2. The predicted molar refractivity (Wildman–Crippen MR) is 58.7 cm³/mol. The van der Waals surface area contributed by atoms with Crippen LogP contribution in [0.4, 0.5) is 4.39 Å². The lowest BCUT2D eigenvalue weighted by atomic mass is 10.1. The minimum absolute atomic E-state index is 0.303. The Balaban J connectivity index is 2.12. The average molecular weight is 222 g/mol. The molecule has 0 aromatic heterocycles. The van der Waals surface area contributed by atoms with Crippen LogP contribution in [0.5, 0.6) is 0 Å². The highest BCUT2D eigenvalue weighted by Gasteiger charge is 2.50.